The quantitative estimate of drug-likeness (QED) is 0.848. The van der Waals surface area contributed by atoms with Crippen LogP contribution in [0, 0.1) is 5.92 Å². The number of hydrogen-bond acceptors (Lipinski definition) is 4. The lowest BCUT2D eigenvalue weighted by molar-refractivity contribution is -0.149. The molecule has 2 N–H and O–H groups in total. The zero-order valence-electron chi connectivity index (χ0n) is 12.3. The predicted molar refractivity (Wildman–Crippen MR) is 87.6 cm³/mol. The molecule has 0 aliphatic carbocycles. The fourth-order valence-electron chi connectivity index (χ4n) is 2.49. The van der Waals surface area contributed by atoms with Gasteiger partial charge < -0.3 is 15.4 Å². The maximum atomic E-state index is 12.5. The zero-order chi connectivity index (χ0) is 16.2. The molecule has 2 aromatic rings. The van der Waals surface area contributed by atoms with Crippen LogP contribution in [0.3, 0.4) is 0 Å². The molecule has 23 heavy (non-hydrogen) atoms. The van der Waals surface area contributed by atoms with E-state index in [0.29, 0.717) is 5.70 Å². The van der Waals surface area contributed by atoms with Crippen LogP contribution in [-0.4, -0.2) is 12.0 Å². The van der Waals surface area contributed by atoms with Crippen molar-refractivity contribution in [1.82, 2.24) is 10.6 Å². The molecule has 0 saturated carbocycles. The largest absolute Gasteiger partial charge is 0.460 e. The lowest BCUT2D eigenvalue weighted by Gasteiger charge is -2.32. The second-order valence-corrected chi connectivity index (χ2v) is 6.17. The second kappa shape index (κ2) is 6.66. The predicted octanol–water partition coefficient (Wildman–Crippen LogP) is 2.98. The Hall–Kier alpha value is -2.60. The van der Waals surface area contributed by atoms with E-state index in [1.165, 1.54) is 11.3 Å². The zero-order valence-corrected chi connectivity index (χ0v) is 13.1. The number of hydrogen-bond donors (Lipinski definition) is 2. The number of benzene rings is 1. The fraction of sp³-hybridized carbons (Fsp3) is 0.176. The minimum absolute atomic E-state index is 0.189. The number of carbonyl (C=O) groups is 2. The van der Waals surface area contributed by atoms with E-state index in [-0.39, 0.29) is 12.6 Å². The lowest BCUT2D eigenvalue weighted by Crippen LogP contribution is -2.50. The lowest BCUT2D eigenvalue weighted by atomic mass is 9.93. The van der Waals surface area contributed by atoms with Crippen molar-refractivity contribution in [1.29, 1.82) is 0 Å². The van der Waals surface area contributed by atoms with Crippen molar-refractivity contribution < 1.29 is 14.3 Å². The molecule has 3 rings (SSSR count). The molecule has 2 heterocycles. The Morgan fingerprint density at radius 3 is 2.70 bits per heavy atom. The van der Waals surface area contributed by atoms with Crippen molar-refractivity contribution in [3.8, 4) is 0 Å². The van der Waals surface area contributed by atoms with E-state index in [9.17, 15) is 9.59 Å². The van der Waals surface area contributed by atoms with Crippen LogP contribution < -0.4 is 10.6 Å². The van der Waals surface area contributed by atoms with Crippen LogP contribution in [0.1, 0.15) is 16.5 Å². The Labute approximate surface area is 138 Å². The van der Waals surface area contributed by atoms with E-state index in [1.54, 1.807) is 0 Å². The Bertz CT molecular complexity index is 713. The Morgan fingerprint density at radius 2 is 2.00 bits per heavy atom. The Kier molecular flexibility index (Phi) is 4.43. The maximum absolute atomic E-state index is 12.5. The molecule has 0 spiro atoms. The minimum atomic E-state index is -0.657. The van der Waals surface area contributed by atoms with Crippen molar-refractivity contribution in [3.63, 3.8) is 0 Å². The van der Waals surface area contributed by atoms with Crippen LogP contribution in [0.15, 0.2) is 60.1 Å². The molecule has 2 amide bonds. The normalized spacial score (nSPS) is 20.5. The van der Waals surface area contributed by atoms with Gasteiger partial charge in [-0.1, -0.05) is 43.0 Å². The van der Waals surface area contributed by atoms with Crippen molar-refractivity contribution in [2.45, 2.75) is 12.6 Å². The third-order valence-electron chi connectivity index (χ3n) is 3.60. The van der Waals surface area contributed by atoms with Gasteiger partial charge in [0.25, 0.3) is 0 Å². The van der Waals surface area contributed by atoms with E-state index in [4.69, 9.17) is 4.74 Å². The van der Waals surface area contributed by atoms with Gasteiger partial charge in [-0.05, 0) is 17.0 Å². The number of rotatable bonds is 4. The SMILES string of the molecule is C=C1NC(=O)NC(c2cccs2)C1C(=O)OCc1ccccc1. The molecule has 5 nitrogen and oxygen atoms in total. The molecule has 2 atom stereocenters. The topological polar surface area (TPSA) is 67.4 Å². The highest BCUT2D eigenvalue weighted by atomic mass is 32.1. The van der Waals surface area contributed by atoms with Gasteiger partial charge in [0.15, 0.2) is 0 Å². The van der Waals surface area contributed by atoms with Gasteiger partial charge in [0.05, 0.1) is 6.04 Å². The average Bonchev–Trinajstić information content (AvgIpc) is 3.07. The van der Waals surface area contributed by atoms with Crippen LogP contribution in [0.25, 0.3) is 0 Å². The van der Waals surface area contributed by atoms with E-state index < -0.39 is 17.9 Å². The summed E-state index contributed by atoms with van der Waals surface area (Å²) in [5.74, 6) is -1.07. The monoisotopic (exact) mass is 328 g/mol. The molecular formula is C17H16N2O3S. The summed E-state index contributed by atoms with van der Waals surface area (Å²) in [7, 11) is 0. The molecule has 1 aromatic heterocycles. The summed E-state index contributed by atoms with van der Waals surface area (Å²) in [4.78, 5) is 25.1. The summed E-state index contributed by atoms with van der Waals surface area (Å²) in [5, 5.41) is 7.24. The van der Waals surface area contributed by atoms with E-state index in [0.717, 1.165) is 10.4 Å². The molecular weight excluding hydrogens is 312 g/mol. The Balaban J connectivity index is 1.75. The van der Waals surface area contributed by atoms with Crippen molar-refractivity contribution in [3.05, 3.63) is 70.6 Å². The Morgan fingerprint density at radius 1 is 1.22 bits per heavy atom. The molecule has 1 aliphatic heterocycles. The third-order valence-corrected chi connectivity index (χ3v) is 4.55. The molecule has 0 bridgehead atoms. The first kappa shape index (κ1) is 15.3. The third kappa shape index (κ3) is 3.43. The fourth-order valence-corrected chi connectivity index (χ4v) is 3.30. The van der Waals surface area contributed by atoms with E-state index in [2.05, 4.69) is 17.2 Å². The first-order valence-corrected chi connectivity index (χ1v) is 8.03. The van der Waals surface area contributed by atoms with Gasteiger partial charge in [0.1, 0.15) is 12.5 Å². The highest BCUT2D eigenvalue weighted by molar-refractivity contribution is 7.10. The maximum Gasteiger partial charge on any atom is 0.319 e. The number of ether oxygens (including phenoxy) is 1. The first-order chi connectivity index (χ1) is 11.1. The number of thiophene rings is 1. The van der Waals surface area contributed by atoms with Crippen LogP contribution in [0.5, 0.6) is 0 Å². The van der Waals surface area contributed by atoms with Gasteiger partial charge in [0.2, 0.25) is 0 Å². The van der Waals surface area contributed by atoms with Crippen molar-refractivity contribution in [2.24, 2.45) is 5.92 Å². The van der Waals surface area contributed by atoms with Gasteiger partial charge in [-0.2, -0.15) is 0 Å². The van der Waals surface area contributed by atoms with Crippen molar-refractivity contribution >= 4 is 23.3 Å². The summed E-state index contributed by atoms with van der Waals surface area (Å²) in [5.41, 5.74) is 1.26. The number of urea groups is 1. The minimum Gasteiger partial charge on any atom is -0.460 e. The second-order valence-electron chi connectivity index (χ2n) is 5.19. The van der Waals surface area contributed by atoms with Gasteiger partial charge in [-0.3, -0.25) is 4.79 Å². The van der Waals surface area contributed by atoms with E-state index in [1.807, 2.05) is 47.8 Å². The van der Waals surface area contributed by atoms with Crippen LogP contribution >= 0.6 is 11.3 Å². The molecule has 6 heteroatoms. The molecule has 2 unspecified atom stereocenters. The molecule has 1 saturated heterocycles. The van der Waals surface area contributed by atoms with Crippen LogP contribution in [0.2, 0.25) is 0 Å². The summed E-state index contributed by atoms with van der Waals surface area (Å²) in [6.45, 7) is 4.00. The summed E-state index contributed by atoms with van der Waals surface area (Å²) >= 11 is 1.48. The molecule has 1 fully saturated rings. The molecule has 118 valence electrons. The van der Waals surface area contributed by atoms with Gasteiger partial charge in [-0.15, -0.1) is 11.3 Å². The van der Waals surface area contributed by atoms with E-state index >= 15 is 0 Å². The van der Waals surface area contributed by atoms with Crippen molar-refractivity contribution in [2.75, 3.05) is 0 Å². The standard InChI is InChI=1S/C17H16N2O3S/c1-11-14(16(20)22-10-12-6-3-2-4-7-12)15(19-17(21)18-11)13-8-5-9-23-13/h2-9,14-15H,1,10H2,(H2,18,19,21). The van der Waals surface area contributed by atoms with Gasteiger partial charge in [0, 0.05) is 10.6 Å². The number of amides is 2. The summed E-state index contributed by atoms with van der Waals surface area (Å²) < 4.78 is 5.42. The smallest absolute Gasteiger partial charge is 0.319 e. The number of nitrogens with one attached hydrogen (secondary N) is 2. The molecule has 0 radical (unpaired) electrons. The number of carbonyl (C=O) groups excluding carboxylic acids is 2. The van der Waals surface area contributed by atoms with Crippen LogP contribution in [0.4, 0.5) is 4.79 Å². The summed E-state index contributed by atoms with van der Waals surface area (Å²) in [6.07, 6.45) is 0. The number of esters is 1. The molecule has 1 aliphatic rings. The molecule has 1 aromatic carbocycles. The average molecular weight is 328 g/mol. The highest BCUT2D eigenvalue weighted by Crippen LogP contribution is 2.32. The summed E-state index contributed by atoms with van der Waals surface area (Å²) in [6, 6.07) is 12.4. The first-order valence-electron chi connectivity index (χ1n) is 7.15. The van der Waals surface area contributed by atoms with Crippen LogP contribution in [-0.2, 0) is 16.1 Å². The van der Waals surface area contributed by atoms with Gasteiger partial charge >= 0.3 is 12.0 Å². The highest BCUT2D eigenvalue weighted by Gasteiger charge is 2.39. The van der Waals surface area contributed by atoms with Gasteiger partial charge in [-0.25, -0.2) is 4.79 Å².